The second kappa shape index (κ2) is 10.6. The highest BCUT2D eigenvalue weighted by molar-refractivity contribution is 5.36. The van der Waals surface area contributed by atoms with Gasteiger partial charge in [-0.15, -0.1) is 0 Å². The zero-order valence-electron chi connectivity index (χ0n) is 16.5. The first-order chi connectivity index (χ1) is 13.3. The third kappa shape index (κ3) is 5.41. The normalized spacial score (nSPS) is 17.5. The maximum absolute atomic E-state index is 6.60. The standard InChI is InChI=1S/C24H34N2O/c25-17-10-2-1-3-11-18-26-19-16-24(27-21-20-26,22-12-6-4-7-13-22)23-14-8-5-9-15-23/h4-9,12-15H,1-3,10-11,16-21,25H2. The van der Waals surface area contributed by atoms with E-state index in [0.717, 1.165) is 39.1 Å². The first-order valence-electron chi connectivity index (χ1n) is 10.5. The Morgan fingerprint density at radius 1 is 0.778 bits per heavy atom. The van der Waals surface area contributed by atoms with E-state index in [1.165, 1.54) is 43.4 Å². The summed E-state index contributed by atoms with van der Waals surface area (Å²) in [6, 6.07) is 21.5. The van der Waals surface area contributed by atoms with Gasteiger partial charge in [-0.25, -0.2) is 0 Å². The molecule has 1 aliphatic rings. The van der Waals surface area contributed by atoms with Gasteiger partial charge in [0.1, 0.15) is 5.60 Å². The van der Waals surface area contributed by atoms with Crippen LogP contribution in [0.25, 0.3) is 0 Å². The van der Waals surface area contributed by atoms with Crippen molar-refractivity contribution >= 4 is 0 Å². The van der Waals surface area contributed by atoms with Gasteiger partial charge in [0.15, 0.2) is 0 Å². The first kappa shape index (κ1) is 20.1. The molecule has 0 aliphatic carbocycles. The summed E-state index contributed by atoms with van der Waals surface area (Å²) in [4.78, 5) is 2.58. The van der Waals surface area contributed by atoms with Gasteiger partial charge < -0.3 is 15.4 Å². The van der Waals surface area contributed by atoms with Gasteiger partial charge in [-0.3, -0.25) is 0 Å². The summed E-state index contributed by atoms with van der Waals surface area (Å²) in [5.74, 6) is 0. The summed E-state index contributed by atoms with van der Waals surface area (Å²) in [5.41, 5.74) is 7.77. The third-order valence-corrected chi connectivity index (χ3v) is 5.69. The van der Waals surface area contributed by atoms with Crippen molar-refractivity contribution in [3.63, 3.8) is 0 Å². The summed E-state index contributed by atoms with van der Waals surface area (Å²) in [6.45, 7) is 4.87. The number of rotatable bonds is 9. The summed E-state index contributed by atoms with van der Waals surface area (Å²) < 4.78 is 6.60. The molecule has 2 aromatic carbocycles. The lowest BCUT2D eigenvalue weighted by molar-refractivity contribution is -0.0101. The van der Waals surface area contributed by atoms with Crippen molar-refractivity contribution < 1.29 is 4.74 Å². The van der Waals surface area contributed by atoms with Crippen molar-refractivity contribution in [1.82, 2.24) is 4.90 Å². The zero-order chi connectivity index (χ0) is 18.8. The van der Waals surface area contributed by atoms with E-state index in [4.69, 9.17) is 10.5 Å². The Balaban J connectivity index is 1.65. The van der Waals surface area contributed by atoms with Crippen LogP contribution in [-0.2, 0) is 10.3 Å². The summed E-state index contributed by atoms with van der Waals surface area (Å²) in [6.07, 6.45) is 7.31. The Kier molecular flexibility index (Phi) is 7.88. The second-order valence-electron chi connectivity index (χ2n) is 7.56. The molecule has 0 amide bonds. The van der Waals surface area contributed by atoms with Crippen LogP contribution in [0.4, 0.5) is 0 Å². The van der Waals surface area contributed by atoms with Crippen LogP contribution in [0.2, 0.25) is 0 Å². The van der Waals surface area contributed by atoms with Crippen LogP contribution in [0.1, 0.15) is 49.7 Å². The van der Waals surface area contributed by atoms with Gasteiger partial charge in [0.05, 0.1) is 6.61 Å². The van der Waals surface area contributed by atoms with Gasteiger partial charge in [-0.05, 0) is 43.5 Å². The van der Waals surface area contributed by atoms with Gasteiger partial charge in [0.25, 0.3) is 0 Å². The Labute approximate surface area is 164 Å². The van der Waals surface area contributed by atoms with Crippen LogP contribution in [0, 0.1) is 0 Å². The number of benzene rings is 2. The number of ether oxygens (including phenoxy) is 1. The van der Waals surface area contributed by atoms with E-state index in [9.17, 15) is 0 Å². The molecule has 2 N–H and O–H groups in total. The quantitative estimate of drug-likeness (QED) is 0.661. The molecule has 3 nitrogen and oxygen atoms in total. The van der Waals surface area contributed by atoms with E-state index in [-0.39, 0.29) is 5.60 Å². The third-order valence-electron chi connectivity index (χ3n) is 5.69. The molecule has 0 spiro atoms. The molecule has 0 aromatic heterocycles. The average molecular weight is 367 g/mol. The van der Waals surface area contributed by atoms with Crippen LogP contribution < -0.4 is 5.73 Å². The van der Waals surface area contributed by atoms with E-state index in [1.807, 2.05) is 0 Å². The van der Waals surface area contributed by atoms with E-state index in [0.29, 0.717) is 0 Å². The van der Waals surface area contributed by atoms with Crippen LogP contribution in [0.15, 0.2) is 60.7 Å². The fourth-order valence-corrected chi connectivity index (χ4v) is 4.12. The number of unbranched alkanes of at least 4 members (excludes halogenated alkanes) is 4. The number of nitrogens with two attached hydrogens (primary N) is 1. The Bertz CT molecular complexity index is 604. The largest absolute Gasteiger partial charge is 0.364 e. The molecule has 2 aromatic rings. The SMILES string of the molecule is NCCCCCCCN1CCOC(c2ccccc2)(c2ccccc2)CC1. The van der Waals surface area contributed by atoms with Gasteiger partial charge in [0.2, 0.25) is 0 Å². The molecule has 146 valence electrons. The molecule has 1 saturated heterocycles. The lowest BCUT2D eigenvalue weighted by Crippen LogP contribution is -2.32. The predicted octanol–water partition coefficient (Wildman–Crippen LogP) is 4.56. The minimum absolute atomic E-state index is 0.335. The van der Waals surface area contributed by atoms with Crippen molar-refractivity contribution in [2.24, 2.45) is 5.73 Å². The molecular formula is C24H34N2O. The van der Waals surface area contributed by atoms with Crippen LogP contribution >= 0.6 is 0 Å². The maximum Gasteiger partial charge on any atom is 0.119 e. The van der Waals surface area contributed by atoms with Crippen molar-refractivity contribution in [3.8, 4) is 0 Å². The van der Waals surface area contributed by atoms with Crippen LogP contribution in [0.3, 0.4) is 0 Å². The molecule has 1 fully saturated rings. The van der Waals surface area contributed by atoms with E-state index >= 15 is 0 Å². The Morgan fingerprint density at radius 3 is 2.00 bits per heavy atom. The van der Waals surface area contributed by atoms with Crippen molar-refractivity contribution in [2.45, 2.75) is 44.1 Å². The summed E-state index contributed by atoms with van der Waals surface area (Å²) >= 11 is 0. The summed E-state index contributed by atoms with van der Waals surface area (Å²) in [5, 5.41) is 0. The molecule has 0 saturated carbocycles. The molecule has 1 aliphatic heterocycles. The molecule has 1 heterocycles. The van der Waals surface area contributed by atoms with Gasteiger partial charge in [-0.1, -0.05) is 79.9 Å². The molecule has 27 heavy (non-hydrogen) atoms. The molecular weight excluding hydrogens is 332 g/mol. The Hall–Kier alpha value is -1.68. The topological polar surface area (TPSA) is 38.5 Å². The molecule has 0 unspecified atom stereocenters. The smallest absolute Gasteiger partial charge is 0.119 e. The van der Waals surface area contributed by atoms with Gasteiger partial charge >= 0.3 is 0 Å². The molecule has 0 atom stereocenters. The number of nitrogens with zero attached hydrogens (tertiary/aromatic N) is 1. The molecule has 0 bridgehead atoms. The van der Waals surface area contributed by atoms with Crippen molar-refractivity contribution in [1.29, 1.82) is 0 Å². The fourth-order valence-electron chi connectivity index (χ4n) is 4.12. The average Bonchev–Trinajstić information content (AvgIpc) is 2.95. The molecule has 3 heteroatoms. The van der Waals surface area contributed by atoms with E-state index in [2.05, 4.69) is 65.6 Å². The molecule has 0 radical (unpaired) electrons. The van der Waals surface area contributed by atoms with Gasteiger partial charge in [0, 0.05) is 13.1 Å². The fraction of sp³-hybridized carbons (Fsp3) is 0.500. The Morgan fingerprint density at radius 2 is 1.37 bits per heavy atom. The highest BCUT2D eigenvalue weighted by Gasteiger charge is 2.37. The monoisotopic (exact) mass is 366 g/mol. The van der Waals surface area contributed by atoms with Crippen LogP contribution in [-0.4, -0.2) is 37.7 Å². The first-order valence-corrected chi connectivity index (χ1v) is 10.5. The highest BCUT2D eigenvalue weighted by Crippen LogP contribution is 2.38. The van der Waals surface area contributed by atoms with E-state index < -0.39 is 0 Å². The lowest BCUT2D eigenvalue weighted by Gasteiger charge is -2.34. The van der Waals surface area contributed by atoms with Gasteiger partial charge in [-0.2, -0.15) is 0 Å². The highest BCUT2D eigenvalue weighted by atomic mass is 16.5. The van der Waals surface area contributed by atoms with E-state index in [1.54, 1.807) is 0 Å². The predicted molar refractivity (Wildman–Crippen MR) is 113 cm³/mol. The lowest BCUT2D eigenvalue weighted by atomic mass is 9.83. The van der Waals surface area contributed by atoms with Crippen LogP contribution in [0.5, 0.6) is 0 Å². The summed E-state index contributed by atoms with van der Waals surface area (Å²) in [7, 11) is 0. The molecule has 3 rings (SSSR count). The van der Waals surface area contributed by atoms with Crippen molar-refractivity contribution in [2.75, 3.05) is 32.8 Å². The number of hydrogen-bond acceptors (Lipinski definition) is 3. The maximum atomic E-state index is 6.60. The minimum atomic E-state index is -0.335. The van der Waals surface area contributed by atoms with Crippen molar-refractivity contribution in [3.05, 3.63) is 71.8 Å². The zero-order valence-corrected chi connectivity index (χ0v) is 16.5. The second-order valence-corrected chi connectivity index (χ2v) is 7.56. The number of hydrogen-bond donors (Lipinski definition) is 1. The minimum Gasteiger partial charge on any atom is -0.364 e.